The van der Waals surface area contributed by atoms with Gasteiger partial charge >= 0.3 is 6.09 Å². The zero-order valence-electron chi connectivity index (χ0n) is 18.7. The number of benzene rings is 3. The molecule has 0 saturated carbocycles. The lowest BCUT2D eigenvalue weighted by molar-refractivity contribution is 0.0540. The highest BCUT2D eigenvalue weighted by Crippen LogP contribution is 2.29. The van der Waals surface area contributed by atoms with Gasteiger partial charge in [-0.15, -0.1) is 0 Å². The molecule has 0 aliphatic heterocycles. The van der Waals surface area contributed by atoms with Crippen LogP contribution in [0.5, 0.6) is 0 Å². The minimum Gasteiger partial charge on any atom is -0.443 e. The Labute approximate surface area is 184 Å². The number of carbonyl (C=O) groups is 1. The van der Waals surface area contributed by atoms with E-state index in [2.05, 4.69) is 61.5 Å². The molecule has 0 spiro atoms. The SMILES string of the molecule is Cc1ccc(-c2ccc3c(c2)cc(CCc2ccccc2)n3C(=O)OC(C)(C)C)cc1. The van der Waals surface area contributed by atoms with Crippen molar-refractivity contribution in [2.75, 3.05) is 0 Å². The van der Waals surface area contributed by atoms with E-state index in [0.717, 1.165) is 35.0 Å². The molecule has 1 aromatic heterocycles. The number of carbonyl (C=O) groups excluding carboxylic acids is 1. The summed E-state index contributed by atoms with van der Waals surface area (Å²) in [7, 11) is 0. The molecule has 0 N–H and O–H groups in total. The summed E-state index contributed by atoms with van der Waals surface area (Å²) >= 11 is 0. The maximum Gasteiger partial charge on any atom is 0.419 e. The molecule has 0 aliphatic rings. The lowest BCUT2D eigenvalue weighted by Crippen LogP contribution is -2.28. The molecule has 0 unspecified atom stereocenters. The zero-order chi connectivity index (χ0) is 22.0. The number of nitrogens with zero attached hydrogens (tertiary/aromatic N) is 1. The van der Waals surface area contributed by atoms with Crippen LogP contribution in [0.2, 0.25) is 0 Å². The van der Waals surface area contributed by atoms with Gasteiger partial charge in [-0.05, 0) is 75.4 Å². The fourth-order valence-corrected chi connectivity index (χ4v) is 3.82. The molecule has 0 amide bonds. The molecule has 3 nitrogen and oxygen atoms in total. The highest BCUT2D eigenvalue weighted by molar-refractivity contribution is 5.93. The van der Waals surface area contributed by atoms with Crippen LogP contribution in [0.4, 0.5) is 4.79 Å². The summed E-state index contributed by atoms with van der Waals surface area (Å²) in [6, 6.07) is 27.3. The molecule has 0 aliphatic carbocycles. The number of fused-ring (bicyclic) bond motifs is 1. The maximum absolute atomic E-state index is 13.1. The lowest BCUT2D eigenvalue weighted by Gasteiger charge is -2.21. The third kappa shape index (κ3) is 4.88. The summed E-state index contributed by atoms with van der Waals surface area (Å²) in [5, 5.41) is 1.05. The summed E-state index contributed by atoms with van der Waals surface area (Å²) < 4.78 is 7.47. The van der Waals surface area contributed by atoms with E-state index in [0.29, 0.717) is 0 Å². The molecule has 158 valence electrons. The van der Waals surface area contributed by atoms with Crippen molar-refractivity contribution in [1.82, 2.24) is 4.57 Å². The van der Waals surface area contributed by atoms with E-state index in [1.165, 1.54) is 16.7 Å². The molecule has 1 heterocycles. The average molecular weight is 412 g/mol. The largest absolute Gasteiger partial charge is 0.443 e. The number of hydrogen-bond donors (Lipinski definition) is 0. The quantitative estimate of drug-likeness (QED) is 0.356. The molecule has 0 saturated heterocycles. The predicted octanol–water partition coefficient (Wildman–Crippen LogP) is 7.19. The van der Waals surface area contributed by atoms with Gasteiger partial charge in [0.1, 0.15) is 5.60 Å². The van der Waals surface area contributed by atoms with Crippen molar-refractivity contribution < 1.29 is 9.53 Å². The second kappa shape index (κ2) is 8.43. The molecule has 4 aromatic rings. The Morgan fingerprint density at radius 2 is 1.52 bits per heavy atom. The lowest BCUT2D eigenvalue weighted by atomic mass is 10.0. The Balaban J connectivity index is 1.74. The van der Waals surface area contributed by atoms with Crippen LogP contribution in [0.3, 0.4) is 0 Å². The van der Waals surface area contributed by atoms with Crippen molar-refractivity contribution in [3.63, 3.8) is 0 Å². The Morgan fingerprint density at radius 1 is 0.839 bits per heavy atom. The van der Waals surface area contributed by atoms with Gasteiger partial charge in [0.25, 0.3) is 0 Å². The van der Waals surface area contributed by atoms with Crippen LogP contribution in [-0.2, 0) is 17.6 Å². The minimum atomic E-state index is -0.549. The summed E-state index contributed by atoms with van der Waals surface area (Å²) in [4.78, 5) is 13.1. The fourth-order valence-electron chi connectivity index (χ4n) is 3.82. The van der Waals surface area contributed by atoms with E-state index < -0.39 is 5.60 Å². The molecule has 0 radical (unpaired) electrons. The molecule has 0 atom stereocenters. The van der Waals surface area contributed by atoms with Crippen LogP contribution in [0, 0.1) is 6.92 Å². The first-order valence-electron chi connectivity index (χ1n) is 10.8. The Bertz CT molecular complexity index is 1200. The number of ether oxygens (including phenoxy) is 1. The molecular weight excluding hydrogens is 382 g/mol. The van der Waals surface area contributed by atoms with Crippen LogP contribution < -0.4 is 0 Å². The van der Waals surface area contributed by atoms with E-state index in [9.17, 15) is 4.79 Å². The molecule has 31 heavy (non-hydrogen) atoms. The number of hydrogen-bond acceptors (Lipinski definition) is 2. The molecular formula is C28H29NO2. The van der Waals surface area contributed by atoms with E-state index in [4.69, 9.17) is 4.74 Å². The first kappa shape index (κ1) is 20.9. The first-order valence-corrected chi connectivity index (χ1v) is 10.8. The van der Waals surface area contributed by atoms with Crippen LogP contribution in [0.1, 0.15) is 37.6 Å². The smallest absolute Gasteiger partial charge is 0.419 e. The van der Waals surface area contributed by atoms with Gasteiger partial charge in [0.15, 0.2) is 0 Å². The number of rotatable bonds is 4. The van der Waals surface area contributed by atoms with E-state index >= 15 is 0 Å². The Hall–Kier alpha value is -3.33. The predicted molar refractivity (Wildman–Crippen MR) is 128 cm³/mol. The zero-order valence-corrected chi connectivity index (χ0v) is 18.7. The van der Waals surface area contributed by atoms with Crippen molar-refractivity contribution >= 4 is 17.0 Å². The maximum atomic E-state index is 13.1. The van der Waals surface area contributed by atoms with Crippen molar-refractivity contribution in [2.45, 2.75) is 46.1 Å². The molecule has 0 fully saturated rings. The average Bonchev–Trinajstić information content (AvgIpc) is 3.10. The number of aromatic nitrogens is 1. The van der Waals surface area contributed by atoms with Gasteiger partial charge in [0, 0.05) is 11.1 Å². The van der Waals surface area contributed by atoms with Crippen LogP contribution in [0.15, 0.2) is 78.9 Å². The van der Waals surface area contributed by atoms with Gasteiger partial charge in [-0.2, -0.15) is 0 Å². The molecule has 3 aromatic carbocycles. The monoisotopic (exact) mass is 411 g/mol. The Kier molecular flexibility index (Phi) is 5.69. The van der Waals surface area contributed by atoms with Crippen LogP contribution in [-0.4, -0.2) is 16.3 Å². The van der Waals surface area contributed by atoms with Crippen molar-refractivity contribution in [1.29, 1.82) is 0 Å². The molecule has 4 rings (SSSR count). The third-order valence-corrected chi connectivity index (χ3v) is 5.35. The van der Waals surface area contributed by atoms with Crippen LogP contribution in [0.25, 0.3) is 22.0 Å². The summed E-state index contributed by atoms with van der Waals surface area (Å²) in [5.41, 5.74) is 6.11. The normalized spacial score (nSPS) is 11.6. The molecule has 3 heteroatoms. The van der Waals surface area contributed by atoms with Gasteiger partial charge in [0.05, 0.1) is 5.52 Å². The van der Waals surface area contributed by atoms with Crippen molar-refractivity contribution in [3.8, 4) is 11.1 Å². The van der Waals surface area contributed by atoms with Gasteiger partial charge in [-0.1, -0.05) is 66.2 Å². The minimum absolute atomic E-state index is 0.325. The van der Waals surface area contributed by atoms with Crippen molar-refractivity contribution in [3.05, 3.63) is 95.7 Å². The molecule has 0 bridgehead atoms. The highest BCUT2D eigenvalue weighted by Gasteiger charge is 2.22. The summed E-state index contributed by atoms with van der Waals surface area (Å²) in [6.45, 7) is 7.79. The second-order valence-corrected chi connectivity index (χ2v) is 9.08. The van der Waals surface area contributed by atoms with E-state index in [1.54, 1.807) is 4.57 Å². The van der Waals surface area contributed by atoms with Gasteiger partial charge < -0.3 is 4.74 Å². The topological polar surface area (TPSA) is 31.2 Å². The first-order chi connectivity index (χ1) is 14.8. The van der Waals surface area contributed by atoms with Crippen molar-refractivity contribution in [2.24, 2.45) is 0 Å². The summed E-state index contributed by atoms with van der Waals surface area (Å²) in [6.07, 6.45) is 1.30. The highest BCUT2D eigenvalue weighted by atomic mass is 16.6. The summed E-state index contributed by atoms with van der Waals surface area (Å²) in [5.74, 6) is 0. The Morgan fingerprint density at radius 3 is 2.19 bits per heavy atom. The fraction of sp³-hybridized carbons (Fsp3) is 0.250. The van der Waals surface area contributed by atoms with E-state index in [-0.39, 0.29) is 6.09 Å². The number of aryl methyl sites for hydroxylation is 3. The van der Waals surface area contributed by atoms with Crippen LogP contribution >= 0.6 is 0 Å². The second-order valence-electron chi connectivity index (χ2n) is 9.08. The van der Waals surface area contributed by atoms with Gasteiger partial charge in [0.2, 0.25) is 0 Å². The van der Waals surface area contributed by atoms with Gasteiger partial charge in [-0.25, -0.2) is 9.36 Å². The third-order valence-electron chi connectivity index (χ3n) is 5.35. The van der Waals surface area contributed by atoms with Gasteiger partial charge in [-0.3, -0.25) is 0 Å². The van der Waals surface area contributed by atoms with E-state index in [1.807, 2.05) is 45.0 Å². The standard InChI is InChI=1S/C28H29NO2/c1-20-10-13-22(14-11-20)23-15-17-26-24(18-23)19-25(16-12-21-8-6-5-7-9-21)29(26)27(30)31-28(2,3)4/h5-11,13-15,17-19H,12,16H2,1-4H3.